The summed E-state index contributed by atoms with van der Waals surface area (Å²) in [6, 6.07) is 6.32. The summed E-state index contributed by atoms with van der Waals surface area (Å²) in [5, 5.41) is 11.0. The second-order valence-corrected chi connectivity index (χ2v) is 5.78. The Morgan fingerprint density at radius 3 is 2.88 bits per heavy atom. The third-order valence-corrected chi connectivity index (χ3v) is 4.13. The standard InChI is InChI=1S/C17H17FN4O2/c18-13-3-1-2-12(8-13)10-22-11-15-14(16(22)23)9-19-17(20-15)21-4-6-24-7-5-21/h1-3,8-9,11,23H,4-7,10H2. The maximum atomic E-state index is 13.3. The second-order valence-electron chi connectivity index (χ2n) is 5.78. The smallest absolute Gasteiger partial charge is 0.226 e. The molecule has 0 spiro atoms. The Kier molecular flexibility index (Phi) is 3.78. The number of benzene rings is 1. The summed E-state index contributed by atoms with van der Waals surface area (Å²) < 4.78 is 20.3. The van der Waals surface area contributed by atoms with Gasteiger partial charge in [-0.15, -0.1) is 0 Å². The summed E-state index contributed by atoms with van der Waals surface area (Å²) in [5.74, 6) is 0.426. The van der Waals surface area contributed by atoms with E-state index in [0.29, 0.717) is 36.6 Å². The van der Waals surface area contributed by atoms with Crippen LogP contribution in [0.15, 0.2) is 36.7 Å². The average molecular weight is 328 g/mol. The number of ether oxygens (including phenoxy) is 1. The van der Waals surface area contributed by atoms with Crippen LogP contribution in [-0.2, 0) is 11.3 Å². The molecule has 1 aromatic carbocycles. The molecule has 1 saturated heterocycles. The molecule has 0 radical (unpaired) electrons. The molecule has 1 fully saturated rings. The van der Waals surface area contributed by atoms with Crippen LogP contribution >= 0.6 is 0 Å². The summed E-state index contributed by atoms with van der Waals surface area (Å²) in [4.78, 5) is 11.0. The molecule has 0 atom stereocenters. The van der Waals surface area contributed by atoms with Crippen LogP contribution in [0.1, 0.15) is 5.56 Å². The molecule has 0 aliphatic carbocycles. The molecule has 0 bridgehead atoms. The van der Waals surface area contributed by atoms with Crippen molar-refractivity contribution >= 4 is 16.9 Å². The van der Waals surface area contributed by atoms with Crippen molar-refractivity contribution in [2.24, 2.45) is 0 Å². The van der Waals surface area contributed by atoms with E-state index in [2.05, 4.69) is 14.9 Å². The summed E-state index contributed by atoms with van der Waals surface area (Å²) >= 11 is 0. The van der Waals surface area contributed by atoms with E-state index in [9.17, 15) is 9.50 Å². The van der Waals surface area contributed by atoms with Crippen molar-refractivity contribution in [2.75, 3.05) is 31.2 Å². The van der Waals surface area contributed by atoms with E-state index in [4.69, 9.17) is 4.74 Å². The van der Waals surface area contributed by atoms with Gasteiger partial charge in [-0.1, -0.05) is 12.1 Å². The van der Waals surface area contributed by atoms with E-state index in [0.717, 1.165) is 18.7 Å². The first-order valence-corrected chi connectivity index (χ1v) is 7.83. The highest BCUT2D eigenvalue weighted by Crippen LogP contribution is 2.27. The monoisotopic (exact) mass is 328 g/mol. The van der Waals surface area contributed by atoms with Crippen molar-refractivity contribution in [1.29, 1.82) is 0 Å². The summed E-state index contributed by atoms with van der Waals surface area (Å²) in [6.45, 7) is 3.19. The van der Waals surface area contributed by atoms with Crippen molar-refractivity contribution in [1.82, 2.24) is 14.5 Å². The lowest BCUT2D eigenvalue weighted by Crippen LogP contribution is -2.37. The lowest BCUT2D eigenvalue weighted by Gasteiger charge is -2.26. The number of aromatic hydroxyl groups is 1. The molecule has 4 rings (SSSR count). The van der Waals surface area contributed by atoms with Gasteiger partial charge in [0.05, 0.1) is 30.7 Å². The van der Waals surface area contributed by atoms with Gasteiger partial charge in [0.15, 0.2) is 0 Å². The predicted molar refractivity (Wildman–Crippen MR) is 87.7 cm³/mol. The van der Waals surface area contributed by atoms with Gasteiger partial charge < -0.3 is 19.3 Å². The highest BCUT2D eigenvalue weighted by atomic mass is 19.1. The quantitative estimate of drug-likeness (QED) is 0.798. The minimum absolute atomic E-state index is 0.0859. The van der Waals surface area contributed by atoms with Gasteiger partial charge in [0.1, 0.15) is 5.82 Å². The first-order chi connectivity index (χ1) is 11.7. The number of hydrogen-bond acceptors (Lipinski definition) is 5. The summed E-state index contributed by atoms with van der Waals surface area (Å²) in [5.41, 5.74) is 1.44. The molecule has 3 heterocycles. The van der Waals surface area contributed by atoms with Crippen LogP contribution in [0.25, 0.3) is 10.9 Å². The van der Waals surface area contributed by atoms with E-state index < -0.39 is 0 Å². The Bertz CT molecular complexity index is 874. The van der Waals surface area contributed by atoms with Crippen LogP contribution in [0, 0.1) is 5.82 Å². The zero-order valence-electron chi connectivity index (χ0n) is 13.0. The fourth-order valence-electron chi connectivity index (χ4n) is 2.89. The normalized spacial score (nSPS) is 15.1. The molecule has 24 heavy (non-hydrogen) atoms. The number of halogens is 1. The SMILES string of the molecule is Oc1c2cnc(N3CCOCC3)nc2cn1Cc1cccc(F)c1. The second kappa shape index (κ2) is 6.09. The Morgan fingerprint density at radius 1 is 1.25 bits per heavy atom. The molecule has 0 saturated carbocycles. The molecule has 1 N–H and O–H groups in total. The molecular formula is C17H17FN4O2. The Balaban J connectivity index is 1.66. The Hall–Kier alpha value is -2.67. The molecule has 1 aliphatic heterocycles. The van der Waals surface area contributed by atoms with Crippen LogP contribution in [0.4, 0.5) is 10.3 Å². The van der Waals surface area contributed by atoms with Crippen molar-refractivity contribution in [3.8, 4) is 5.88 Å². The average Bonchev–Trinajstić information content (AvgIpc) is 2.91. The molecular weight excluding hydrogens is 311 g/mol. The third kappa shape index (κ3) is 2.78. The van der Waals surface area contributed by atoms with E-state index in [1.807, 2.05) is 6.07 Å². The highest BCUT2D eigenvalue weighted by molar-refractivity contribution is 5.84. The zero-order chi connectivity index (χ0) is 16.5. The number of fused-ring (bicyclic) bond motifs is 1. The van der Waals surface area contributed by atoms with Crippen molar-refractivity contribution in [3.05, 3.63) is 48.0 Å². The molecule has 6 nitrogen and oxygen atoms in total. The molecule has 1 aliphatic rings. The highest BCUT2D eigenvalue weighted by Gasteiger charge is 2.16. The first kappa shape index (κ1) is 14.9. The summed E-state index contributed by atoms with van der Waals surface area (Å²) in [7, 11) is 0. The topological polar surface area (TPSA) is 63.4 Å². The van der Waals surface area contributed by atoms with E-state index in [1.165, 1.54) is 12.1 Å². The molecule has 3 aromatic rings. The largest absolute Gasteiger partial charge is 0.494 e. The van der Waals surface area contributed by atoms with Crippen LogP contribution in [0.3, 0.4) is 0 Å². The molecule has 0 unspecified atom stereocenters. The van der Waals surface area contributed by atoms with Crippen molar-refractivity contribution in [2.45, 2.75) is 6.54 Å². The van der Waals surface area contributed by atoms with E-state index in [-0.39, 0.29) is 11.7 Å². The zero-order valence-corrected chi connectivity index (χ0v) is 13.0. The lowest BCUT2D eigenvalue weighted by atomic mass is 10.2. The maximum absolute atomic E-state index is 13.3. The van der Waals surface area contributed by atoms with Crippen LogP contribution in [-0.4, -0.2) is 45.9 Å². The number of morpholine rings is 1. The number of anilines is 1. The minimum Gasteiger partial charge on any atom is -0.494 e. The third-order valence-electron chi connectivity index (χ3n) is 4.13. The molecule has 7 heteroatoms. The van der Waals surface area contributed by atoms with Gasteiger partial charge >= 0.3 is 0 Å². The Labute approximate surface area is 138 Å². The lowest BCUT2D eigenvalue weighted by molar-refractivity contribution is 0.122. The maximum Gasteiger partial charge on any atom is 0.226 e. The molecule has 2 aromatic heterocycles. The van der Waals surface area contributed by atoms with Crippen LogP contribution in [0.2, 0.25) is 0 Å². The number of rotatable bonds is 3. The van der Waals surface area contributed by atoms with E-state index in [1.54, 1.807) is 23.0 Å². The number of nitrogens with zero attached hydrogens (tertiary/aromatic N) is 4. The Morgan fingerprint density at radius 2 is 2.08 bits per heavy atom. The van der Waals surface area contributed by atoms with Crippen molar-refractivity contribution < 1.29 is 14.2 Å². The van der Waals surface area contributed by atoms with Gasteiger partial charge in [0, 0.05) is 25.5 Å². The first-order valence-electron chi connectivity index (χ1n) is 7.83. The number of aromatic nitrogens is 3. The van der Waals surface area contributed by atoms with Crippen molar-refractivity contribution in [3.63, 3.8) is 0 Å². The minimum atomic E-state index is -0.293. The van der Waals surface area contributed by atoms with Gasteiger partial charge in [0.25, 0.3) is 0 Å². The van der Waals surface area contributed by atoms with Gasteiger partial charge in [-0.2, -0.15) is 0 Å². The van der Waals surface area contributed by atoms with Gasteiger partial charge in [-0.3, -0.25) is 0 Å². The van der Waals surface area contributed by atoms with Crippen LogP contribution < -0.4 is 4.90 Å². The molecule has 124 valence electrons. The van der Waals surface area contributed by atoms with Gasteiger partial charge in [-0.25, -0.2) is 14.4 Å². The molecule has 0 amide bonds. The van der Waals surface area contributed by atoms with Crippen LogP contribution in [0.5, 0.6) is 5.88 Å². The van der Waals surface area contributed by atoms with E-state index >= 15 is 0 Å². The predicted octanol–water partition coefficient (Wildman–Crippen LogP) is 2.16. The fourth-order valence-corrected chi connectivity index (χ4v) is 2.89. The van der Waals surface area contributed by atoms with Gasteiger partial charge in [-0.05, 0) is 17.7 Å². The van der Waals surface area contributed by atoms with Gasteiger partial charge in [0.2, 0.25) is 11.8 Å². The summed E-state index contributed by atoms with van der Waals surface area (Å²) in [6.07, 6.45) is 3.39. The number of hydrogen-bond donors (Lipinski definition) is 1. The fraction of sp³-hybridized carbons (Fsp3) is 0.294.